The lowest BCUT2D eigenvalue weighted by Gasteiger charge is -2.35. The summed E-state index contributed by atoms with van der Waals surface area (Å²) in [6.07, 6.45) is 2.64. The summed E-state index contributed by atoms with van der Waals surface area (Å²) in [6, 6.07) is 10.7. The topological polar surface area (TPSA) is 41.8 Å². The molecule has 148 valence electrons. The van der Waals surface area contributed by atoms with Crippen LogP contribution in [0.1, 0.15) is 49.8 Å². The summed E-state index contributed by atoms with van der Waals surface area (Å²) in [7, 11) is 1.72. The number of aliphatic hydroxyl groups excluding tert-OH is 1. The van der Waals surface area contributed by atoms with Crippen LogP contribution >= 0.6 is 0 Å². The van der Waals surface area contributed by atoms with E-state index in [2.05, 4.69) is 64.3 Å². The lowest BCUT2D eigenvalue weighted by Crippen LogP contribution is -2.30. The highest BCUT2D eigenvalue weighted by Crippen LogP contribution is 2.43. The number of aliphatic hydroxyl groups is 1. The average Bonchev–Trinajstić information content (AvgIpc) is 2.69. The van der Waals surface area contributed by atoms with Crippen molar-refractivity contribution < 1.29 is 9.84 Å². The molecular weight excluding hydrogens is 346 g/mol. The molecule has 3 heteroatoms. The molecule has 0 aliphatic carbocycles. The first kappa shape index (κ1) is 20.5. The molecule has 2 atom stereocenters. The van der Waals surface area contributed by atoms with Crippen molar-refractivity contribution in [3.63, 3.8) is 0 Å². The molecule has 1 heterocycles. The fourth-order valence-electron chi connectivity index (χ4n) is 4.28. The number of aliphatic imine (C=N–C) groups is 1. The Kier molecular flexibility index (Phi) is 5.87. The summed E-state index contributed by atoms with van der Waals surface area (Å²) in [4.78, 5) is 4.96. The molecule has 2 aromatic carbocycles. The van der Waals surface area contributed by atoms with Crippen LogP contribution < -0.4 is 0 Å². The summed E-state index contributed by atoms with van der Waals surface area (Å²) in [5.41, 5.74) is 5.33. The van der Waals surface area contributed by atoms with Gasteiger partial charge in [0.25, 0.3) is 0 Å². The van der Waals surface area contributed by atoms with Crippen LogP contribution in [0.5, 0.6) is 0 Å². The van der Waals surface area contributed by atoms with Gasteiger partial charge in [-0.2, -0.15) is 0 Å². The molecule has 0 bridgehead atoms. The first-order chi connectivity index (χ1) is 13.3. The van der Waals surface area contributed by atoms with Crippen molar-refractivity contribution in [2.24, 2.45) is 4.99 Å². The van der Waals surface area contributed by atoms with Crippen LogP contribution in [0, 0.1) is 0 Å². The molecular formula is C25H31NO2. The maximum absolute atomic E-state index is 9.78. The van der Waals surface area contributed by atoms with Gasteiger partial charge in [-0.25, -0.2) is 0 Å². The second-order valence-electron chi connectivity index (χ2n) is 8.55. The molecule has 2 unspecified atom stereocenters. The molecule has 28 heavy (non-hydrogen) atoms. The summed E-state index contributed by atoms with van der Waals surface area (Å²) >= 11 is 0. The quantitative estimate of drug-likeness (QED) is 0.706. The van der Waals surface area contributed by atoms with E-state index in [0.29, 0.717) is 6.61 Å². The van der Waals surface area contributed by atoms with Gasteiger partial charge in [0.1, 0.15) is 0 Å². The van der Waals surface area contributed by atoms with Gasteiger partial charge >= 0.3 is 0 Å². The Morgan fingerprint density at radius 2 is 1.93 bits per heavy atom. The van der Waals surface area contributed by atoms with Crippen molar-refractivity contribution in [3.05, 3.63) is 71.8 Å². The Morgan fingerprint density at radius 3 is 2.50 bits per heavy atom. The van der Waals surface area contributed by atoms with Gasteiger partial charge in [-0.05, 0) is 51.5 Å². The van der Waals surface area contributed by atoms with E-state index in [9.17, 15) is 5.11 Å². The van der Waals surface area contributed by atoms with Crippen molar-refractivity contribution >= 4 is 16.5 Å². The van der Waals surface area contributed by atoms with Gasteiger partial charge in [0.05, 0.1) is 18.4 Å². The summed E-state index contributed by atoms with van der Waals surface area (Å²) in [5, 5.41) is 12.3. The molecule has 3 rings (SSSR count). The van der Waals surface area contributed by atoms with E-state index in [1.54, 1.807) is 7.11 Å². The van der Waals surface area contributed by atoms with Gasteiger partial charge in [0, 0.05) is 25.2 Å². The highest BCUT2D eigenvalue weighted by atomic mass is 16.5. The number of nitrogens with zero attached hydrogens (tertiary/aromatic N) is 1. The molecule has 0 radical (unpaired) electrons. The van der Waals surface area contributed by atoms with E-state index in [4.69, 9.17) is 9.73 Å². The first-order valence-electron chi connectivity index (χ1n) is 9.87. The number of hydrogen-bond donors (Lipinski definition) is 1. The Labute approximate surface area is 168 Å². The molecule has 1 aliphatic rings. The zero-order chi connectivity index (χ0) is 20.5. The molecule has 0 fully saturated rings. The highest BCUT2D eigenvalue weighted by molar-refractivity contribution is 6.13. The Hall–Kier alpha value is -2.23. The largest absolute Gasteiger partial charge is 0.392 e. The van der Waals surface area contributed by atoms with Gasteiger partial charge in [-0.15, -0.1) is 0 Å². The van der Waals surface area contributed by atoms with Crippen molar-refractivity contribution in [2.45, 2.75) is 44.6 Å². The van der Waals surface area contributed by atoms with Crippen molar-refractivity contribution in [1.29, 1.82) is 0 Å². The van der Waals surface area contributed by atoms with Crippen molar-refractivity contribution in [3.8, 4) is 0 Å². The predicted molar refractivity (Wildman–Crippen MR) is 119 cm³/mol. The third-order valence-electron chi connectivity index (χ3n) is 5.65. The monoisotopic (exact) mass is 377 g/mol. The number of ether oxygens (including phenoxy) is 1. The third-order valence-corrected chi connectivity index (χ3v) is 5.65. The van der Waals surface area contributed by atoms with Gasteiger partial charge in [-0.1, -0.05) is 58.2 Å². The minimum Gasteiger partial charge on any atom is -0.392 e. The molecule has 0 aromatic heterocycles. The SMILES string of the molecule is C=CC1=NC(C(=C)CO)C(CCOC)c2c1cc(C(C)(C)C)c1ccccc21. The van der Waals surface area contributed by atoms with Crippen LogP contribution in [-0.2, 0) is 10.2 Å². The van der Waals surface area contributed by atoms with Crippen molar-refractivity contribution in [2.75, 3.05) is 20.3 Å². The van der Waals surface area contributed by atoms with Crippen LogP contribution in [-0.4, -0.2) is 37.2 Å². The van der Waals surface area contributed by atoms with Crippen LogP contribution in [0.25, 0.3) is 10.8 Å². The molecule has 3 nitrogen and oxygen atoms in total. The molecule has 1 N–H and O–H groups in total. The van der Waals surface area contributed by atoms with Gasteiger partial charge in [0.15, 0.2) is 0 Å². The van der Waals surface area contributed by atoms with Gasteiger partial charge < -0.3 is 9.84 Å². The molecule has 0 saturated heterocycles. The van der Waals surface area contributed by atoms with Crippen LogP contribution in [0.4, 0.5) is 0 Å². The number of fused-ring (bicyclic) bond motifs is 3. The average molecular weight is 378 g/mol. The Balaban J connectivity index is 2.37. The van der Waals surface area contributed by atoms with Gasteiger partial charge in [-0.3, -0.25) is 4.99 Å². The smallest absolute Gasteiger partial charge is 0.0805 e. The second-order valence-corrected chi connectivity index (χ2v) is 8.55. The fourth-order valence-corrected chi connectivity index (χ4v) is 4.28. The van der Waals surface area contributed by atoms with Gasteiger partial charge in [0.2, 0.25) is 0 Å². The van der Waals surface area contributed by atoms with E-state index in [1.807, 2.05) is 6.08 Å². The standard InChI is InChI=1S/C25H31NO2/c1-7-22-20-14-21(25(3,4)5)17-10-8-9-11-18(17)23(20)19(12-13-28-6)24(26-22)16(2)15-27/h7-11,14,19,24,27H,1-2,12-13,15H2,3-6H3. The normalized spacial score (nSPS) is 19.2. The zero-order valence-corrected chi connectivity index (χ0v) is 17.5. The third kappa shape index (κ3) is 3.57. The minimum atomic E-state index is -0.176. The molecule has 0 amide bonds. The lowest BCUT2D eigenvalue weighted by atomic mass is 9.73. The Morgan fingerprint density at radius 1 is 1.25 bits per heavy atom. The minimum absolute atomic E-state index is 0.00842. The highest BCUT2D eigenvalue weighted by Gasteiger charge is 2.34. The van der Waals surface area contributed by atoms with E-state index in [1.165, 1.54) is 21.9 Å². The first-order valence-corrected chi connectivity index (χ1v) is 9.87. The number of benzene rings is 2. The number of allylic oxidation sites excluding steroid dienone is 1. The number of hydrogen-bond acceptors (Lipinski definition) is 3. The fraction of sp³-hybridized carbons (Fsp3) is 0.400. The number of rotatable bonds is 6. The van der Waals surface area contributed by atoms with Crippen LogP contribution in [0.2, 0.25) is 0 Å². The van der Waals surface area contributed by atoms with E-state index < -0.39 is 0 Å². The maximum atomic E-state index is 9.78. The van der Waals surface area contributed by atoms with Crippen molar-refractivity contribution in [1.82, 2.24) is 0 Å². The van der Waals surface area contributed by atoms with E-state index in [-0.39, 0.29) is 24.0 Å². The second kappa shape index (κ2) is 8.02. The van der Waals surface area contributed by atoms with Crippen LogP contribution in [0.15, 0.2) is 60.1 Å². The van der Waals surface area contributed by atoms with E-state index in [0.717, 1.165) is 23.3 Å². The summed E-state index contributed by atoms with van der Waals surface area (Å²) in [5.74, 6) is 0.109. The van der Waals surface area contributed by atoms with Crippen LogP contribution in [0.3, 0.4) is 0 Å². The summed E-state index contributed by atoms with van der Waals surface area (Å²) in [6.45, 7) is 15.4. The maximum Gasteiger partial charge on any atom is 0.0805 e. The Bertz CT molecular complexity index is 933. The lowest BCUT2D eigenvalue weighted by molar-refractivity contribution is 0.184. The zero-order valence-electron chi connectivity index (χ0n) is 17.5. The molecule has 1 aliphatic heterocycles. The number of methoxy groups -OCH3 is 1. The molecule has 0 saturated carbocycles. The summed E-state index contributed by atoms with van der Waals surface area (Å²) < 4.78 is 5.40. The molecule has 2 aromatic rings. The van der Waals surface area contributed by atoms with E-state index >= 15 is 0 Å². The predicted octanol–water partition coefficient (Wildman–Crippen LogP) is 5.16. The molecule has 0 spiro atoms.